The van der Waals surface area contributed by atoms with Crippen LogP contribution in [-0.2, 0) is 11.3 Å². The number of hydrogen-bond donors (Lipinski definition) is 3. The molecule has 3 N–H and O–H groups in total. The van der Waals surface area contributed by atoms with Gasteiger partial charge in [0.05, 0.1) is 5.39 Å². The van der Waals surface area contributed by atoms with Crippen LogP contribution in [0.4, 0.5) is 4.79 Å². The SMILES string of the molecule is CCOCc1nc2c[n+]([O-])c3ccccc3c2n1NCCCNC(=O)O. The maximum Gasteiger partial charge on any atom is 0.404 e. The monoisotopic (exact) mass is 359 g/mol. The molecule has 2 heterocycles. The second-order valence-electron chi connectivity index (χ2n) is 5.70. The average Bonchev–Trinajstić information content (AvgIpc) is 2.97. The molecule has 2 aromatic heterocycles. The lowest BCUT2D eigenvalue weighted by atomic mass is 10.2. The lowest BCUT2D eigenvalue weighted by Gasteiger charge is -2.13. The van der Waals surface area contributed by atoms with Crippen molar-refractivity contribution in [1.29, 1.82) is 0 Å². The highest BCUT2D eigenvalue weighted by molar-refractivity contribution is 6.00. The van der Waals surface area contributed by atoms with Gasteiger partial charge in [-0.1, -0.05) is 12.1 Å². The van der Waals surface area contributed by atoms with Crippen molar-refractivity contribution < 1.29 is 19.4 Å². The molecule has 0 unspecified atom stereocenters. The summed E-state index contributed by atoms with van der Waals surface area (Å²) in [5.74, 6) is 0.657. The first-order valence-electron chi connectivity index (χ1n) is 8.42. The van der Waals surface area contributed by atoms with Crippen LogP contribution in [0.3, 0.4) is 0 Å². The predicted octanol–water partition coefficient (Wildman–Crippen LogP) is 1.56. The Morgan fingerprint density at radius 1 is 1.38 bits per heavy atom. The Morgan fingerprint density at radius 2 is 2.19 bits per heavy atom. The molecule has 0 atom stereocenters. The molecule has 0 radical (unpaired) electrons. The van der Waals surface area contributed by atoms with Crippen molar-refractivity contribution in [3.63, 3.8) is 0 Å². The molecule has 138 valence electrons. The van der Waals surface area contributed by atoms with E-state index in [1.54, 1.807) is 6.07 Å². The Kier molecular flexibility index (Phi) is 5.37. The zero-order chi connectivity index (χ0) is 18.5. The van der Waals surface area contributed by atoms with Crippen LogP contribution in [-0.4, -0.2) is 40.6 Å². The van der Waals surface area contributed by atoms with Crippen LogP contribution in [0.15, 0.2) is 30.5 Å². The van der Waals surface area contributed by atoms with E-state index in [4.69, 9.17) is 9.84 Å². The molecule has 0 saturated carbocycles. The van der Waals surface area contributed by atoms with Crippen molar-refractivity contribution in [3.8, 4) is 0 Å². The number of ether oxygens (including phenoxy) is 1. The second kappa shape index (κ2) is 7.87. The number of aromatic nitrogens is 3. The quantitative estimate of drug-likeness (QED) is 0.319. The maximum atomic E-state index is 12.2. The number of nitrogens with one attached hydrogen (secondary N) is 2. The van der Waals surface area contributed by atoms with E-state index in [0.29, 0.717) is 49.6 Å². The summed E-state index contributed by atoms with van der Waals surface area (Å²) in [6, 6.07) is 7.33. The summed E-state index contributed by atoms with van der Waals surface area (Å²) in [5, 5.41) is 24.0. The molecular weight excluding hydrogens is 338 g/mol. The van der Waals surface area contributed by atoms with Gasteiger partial charge in [0.1, 0.15) is 12.1 Å². The first-order chi connectivity index (χ1) is 12.6. The highest BCUT2D eigenvalue weighted by Gasteiger charge is 2.18. The van der Waals surface area contributed by atoms with Crippen molar-refractivity contribution in [3.05, 3.63) is 41.5 Å². The molecule has 0 aliphatic rings. The molecule has 0 aliphatic heterocycles. The van der Waals surface area contributed by atoms with Crippen LogP contribution in [0.2, 0.25) is 0 Å². The van der Waals surface area contributed by atoms with Crippen molar-refractivity contribution >= 4 is 28.0 Å². The number of carbonyl (C=O) groups is 1. The van der Waals surface area contributed by atoms with Crippen LogP contribution >= 0.6 is 0 Å². The van der Waals surface area contributed by atoms with E-state index in [2.05, 4.69) is 15.7 Å². The number of carboxylic acid groups (broad SMARTS) is 1. The van der Waals surface area contributed by atoms with E-state index in [1.807, 2.05) is 29.8 Å². The van der Waals surface area contributed by atoms with Crippen molar-refractivity contribution in [2.45, 2.75) is 20.0 Å². The lowest BCUT2D eigenvalue weighted by Crippen LogP contribution is -2.27. The highest BCUT2D eigenvalue weighted by Crippen LogP contribution is 2.23. The van der Waals surface area contributed by atoms with Gasteiger partial charge in [0, 0.05) is 25.8 Å². The standard InChI is InChI=1S/C17H21N5O4/c1-2-26-11-15-20-13-10-21(25)14-7-4-3-6-12(14)16(13)22(15)19-9-5-8-18-17(23)24/h3-4,6-7,10,18-19H,2,5,8-9,11H2,1H3,(H,23,24). The number of fused-ring (bicyclic) bond motifs is 3. The third-order valence-electron chi connectivity index (χ3n) is 3.94. The minimum Gasteiger partial charge on any atom is -0.618 e. The van der Waals surface area contributed by atoms with E-state index in [-0.39, 0.29) is 0 Å². The molecule has 1 aromatic carbocycles. The Hall–Kier alpha value is -3.07. The molecule has 0 fully saturated rings. The average molecular weight is 359 g/mol. The number of hydrogen-bond acceptors (Lipinski definition) is 5. The summed E-state index contributed by atoms with van der Waals surface area (Å²) >= 11 is 0. The van der Waals surface area contributed by atoms with Crippen LogP contribution in [0.5, 0.6) is 0 Å². The van der Waals surface area contributed by atoms with Gasteiger partial charge < -0.3 is 25.8 Å². The minimum absolute atomic E-state index is 0.304. The Bertz CT molecular complexity index is 924. The fourth-order valence-electron chi connectivity index (χ4n) is 2.82. The summed E-state index contributed by atoms with van der Waals surface area (Å²) < 4.78 is 8.14. The molecule has 0 aliphatic carbocycles. The number of amides is 1. The largest absolute Gasteiger partial charge is 0.618 e. The van der Waals surface area contributed by atoms with Crippen molar-refractivity contribution in [1.82, 2.24) is 15.0 Å². The van der Waals surface area contributed by atoms with Gasteiger partial charge in [-0.25, -0.2) is 14.5 Å². The van der Waals surface area contributed by atoms with E-state index in [9.17, 15) is 10.0 Å². The zero-order valence-electron chi connectivity index (χ0n) is 14.4. The Labute approximate surface area is 149 Å². The smallest absolute Gasteiger partial charge is 0.404 e. The van der Waals surface area contributed by atoms with Gasteiger partial charge in [0.2, 0.25) is 11.7 Å². The minimum atomic E-state index is -1.04. The van der Waals surface area contributed by atoms with Crippen LogP contribution in [0.1, 0.15) is 19.2 Å². The summed E-state index contributed by atoms with van der Waals surface area (Å²) in [6.07, 6.45) is 1.02. The zero-order valence-corrected chi connectivity index (χ0v) is 14.4. The van der Waals surface area contributed by atoms with Crippen LogP contribution < -0.4 is 15.5 Å². The first kappa shape index (κ1) is 17.7. The lowest BCUT2D eigenvalue weighted by molar-refractivity contribution is -0.575. The van der Waals surface area contributed by atoms with Gasteiger partial charge in [-0.3, -0.25) is 0 Å². The van der Waals surface area contributed by atoms with E-state index in [1.165, 1.54) is 6.20 Å². The molecule has 0 spiro atoms. The van der Waals surface area contributed by atoms with E-state index < -0.39 is 6.09 Å². The molecule has 1 amide bonds. The van der Waals surface area contributed by atoms with Crippen LogP contribution in [0, 0.1) is 5.21 Å². The van der Waals surface area contributed by atoms with Gasteiger partial charge >= 0.3 is 6.09 Å². The molecule has 9 nitrogen and oxygen atoms in total. The topological polar surface area (TPSA) is 115 Å². The number of pyridine rings is 1. The van der Waals surface area contributed by atoms with Crippen molar-refractivity contribution in [2.24, 2.45) is 0 Å². The second-order valence-corrected chi connectivity index (χ2v) is 5.70. The number of imidazole rings is 1. The molecule has 0 bridgehead atoms. The van der Waals surface area contributed by atoms with Gasteiger partial charge in [0.15, 0.2) is 11.3 Å². The number of nitrogens with zero attached hydrogens (tertiary/aromatic N) is 3. The fourth-order valence-corrected chi connectivity index (χ4v) is 2.82. The Balaban J connectivity index is 1.96. The Morgan fingerprint density at radius 3 is 2.96 bits per heavy atom. The molecule has 26 heavy (non-hydrogen) atoms. The summed E-state index contributed by atoms with van der Waals surface area (Å²) in [7, 11) is 0. The van der Waals surface area contributed by atoms with Gasteiger partial charge in [-0.15, -0.1) is 0 Å². The normalized spacial score (nSPS) is 11.1. The number of rotatable bonds is 8. The molecule has 9 heteroatoms. The molecular formula is C17H21N5O4. The summed E-state index contributed by atoms with van der Waals surface area (Å²) in [5.41, 5.74) is 5.19. The predicted molar refractivity (Wildman–Crippen MR) is 96.4 cm³/mol. The van der Waals surface area contributed by atoms with Gasteiger partial charge in [-0.2, -0.15) is 4.73 Å². The van der Waals surface area contributed by atoms with Gasteiger partial charge in [0.25, 0.3) is 0 Å². The van der Waals surface area contributed by atoms with E-state index in [0.717, 1.165) is 15.6 Å². The molecule has 3 aromatic rings. The summed E-state index contributed by atoms with van der Waals surface area (Å²) in [6.45, 7) is 3.63. The van der Waals surface area contributed by atoms with Gasteiger partial charge in [-0.05, 0) is 19.4 Å². The fraction of sp³-hybridized carbons (Fsp3) is 0.353. The first-order valence-corrected chi connectivity index (χ1v) is 8.42. The third-order valence-corrected chi connectivity index (χ3v) is 3.94. The molecule has 0 saturated heterocycles. The molecule has 3 rings (SSSR count). The maximum absolute atomic E-state index is 12.2. The third kappa shape index (κ3) is 3.62. The number of para-hydroxylation sites is 1. The summed E-state index contributed by atoms with van der Waals surface area (Å²) in [4.78, 5) is 15.1. The number of benzene rings is 1. The van der Waals surface area contributed by atoms with E-state index >= 15 is 0 Å². The van der Waals surface area contributed by atoms with Crippen LogP contribution in [0.25, 0.3) is 21.9 Å². The van der Waals surface area contributed by atoms with Crippen molar-refractivity contribution in [2.75, 3.05) is 25.1 Å². The highest BCUT2D eigenvalue weighted by atomic mass is 16.5.